The van der Waals surface area contributed by atoms with E-state index in [0.29, 0.717) is 22.0 Å². The summed E-state index contributed by atoms with van der Waals surface area (Å²) in [5.41, 5.74) is 1.80. The summed E-state index contributed by atoms with van der Waals surface area (Å²) in [6.07, 6.45) is 0. The van der Waals surface area contributed by atoms with Gasteiger partial charge in [-0.1, -0.05) is 35.9 Å². The highest BCUT2D eigenvalue weighted by Crippen LogP contribution is 2.22. The molecule has 2 N–H and O–H groups in total. The summed E-state index contributed by atoms with van der Waals surface area (Å²) in [6.45, 7) is 1.68. The van der Waals surface area contributed by atoms with E-state index in [4.69, 9.17) is 11.6 Å². The van der Waals surface area contributed by atoms with Crippen molar-refractivity contribution in [3.63, 3.8) is 0 Å². The van der Waals surface area contributed by atoms with Gasteiger partial charge < -0.3 is 5.32 Å². The molecule has 0 heterocycles. The molecular formula is C20H17ClN2O3S. The zero-order valence-electron chi connectivity index (χ0n) is 14.4. The van der Waals surface area contributed by atoms with E-state index in [1.807, 2.05) is 6.07 Å². The molecule has 3 rings (SSSR count). The number of sulfonamides is 1. The van der Waals surface area contributed by atoms with Crippen molar-refractivity contribution in [2.75, 3.05) is 10.0 Å². The largest absolute Gasteiger partial charge is 0.322 e. The number of rotatable bonds is 5. The number of carbonyl (C=O) groups excluding carboxylic acids is 1. The van der Waals surface area contributed by atoms with E-state index in [-0.39, 0.29) is 16.4 Å². The third-order valence-corrected chi connectivity index (χ3v) is 5.64. The molecule has 3 aromatic rings. The van der Waals surface area contributed by atoms with E-state index in [9.17, 15) is 13.2 Å². The first-order valence-corrected chi connectivity index (χ1v) is 9.97. The van der Waals surface area contributed by atoms with Crippen molar-refractivity contribution in [1.29, 1.82) is 0 Å². The molecule has 0 aliphatic heterocycles. The van der Waals surface area contributed by atoms with E-state index >= 15 is 0 Å². The molecule has 3 aromatic carbocycles. The average Bonchev–Trinajstić information content (AvgIpc) is 2.64. The lowest BCUT2D eigenvalue weighted by Crippen LogP contribution is -2.17. The number of benzene rings is 3. The van der Waals surface area contributed by atoms with Crippen molar-refractivity contribution in [1.82, 2.24) is 0 Å². The van der Waals surface area contributed by atoms with Gasteiger partial charge in [-0.25, -0.2) is 8.42 Å². The lowest BCUT2D eigenvalue weighted by Gasteiger charge is -2.12. The number of hydrogen-bond donors (Lipinski definition) is 2. The fourth-order valence-corrected chi connectivity index (χ4v) is 3.94. The Bertz CT molecular complexity index is 1070. The Morgan fingerprint density at radius 3 is 2.22 bits per heavy atom. The monoisotopic (exact) mass is 400 g/mol. The Balaban J connectivity index is 1.88. The lowest BCUT2D eigenvalue weighted by atomic mass is 10.1. The normalized spacial score (nSPS) is 11.0. The summed E-state index contributed by atoms with van der Waals surface area (Å²) in [6, 6.07) is 19.9. The van der Waals surface area contributed by atoms with Crippen LogP contribution in [-0.2, 0) is 10.0 Å². The first-order valence-electron chi connectivity index (χ1n) is 8.10. The van der Waals surface area contributed by atoms with Gasteiger partial charge in [0.1, 0.15) is 0 Å². The van der Waals surface area contributed by atoms with Gasteiger partial charge in [-0.05, 0) is 61.0 Å². The van der Waals surface area contributed by atoms with Crippen LogP contribution in [0.4, 0.5) is 11.4 Å². The SMILES string of the molecule is Cc1ccc(C(=O)Nc2ccccc2)cc1S(=O)(=O)Nc1ccc(Cl)cc1. The Hall–Kier alpha value is -2.83. The lowest BCUT2D eigenvalue weighted by molar-refractivity contribution is 0.102. The number of nitrogens with one attached hydrogen (secondary N) is 2. The molecule has 0 saturated heterocycles. The highest BCUT2D eigenvalue weighted by atomic mass is 35.5. The minimum Gasteiger partial charge on any atom is -0.322 e. The summed E-state index contributed by atoms with van der Waals surface area (Å²) < 4.78 is 28.0. The van der Waals surface area contributed by atoms with Gasteiger partial charge in [-0.3, -0.25) is 9.52 Å². The van der Waals surface area contributed by atoms with Gasteiger partial charge in [0.15, 0.2) is 0 Å². The molecule has 0 spiro atoms. The van der Waals surface area contributed by atoms with Crippen LogP contribution < -0.4 is 10.0 Å². The fourth-order valence-electron chi connectivity index (χ4n) is 2.48. The van der Waals surface area contributed by atoms with Crippen molar-refractivity contribution in [3.8, 4) is 0 Å². The van der Waals surface area contributed by atoms with Crippen LogP contribution >= 0.6 is 11.6 Å². The maximum atomic E-state index is 12.8. The maximum Gasteiger partial charge on any atom is 0.262 e. The van der Waals surface area contributed by atoms with Crippen molar-refractivity contribution in [2.24, 2.45) is 0 Å². The van der Waals surface area contributed by atoms with Gasteiger partial charge in [0.25, 0.3) is 15.9 Å². The predicted octanol–water partition coefficient (Wildman–Crippen LogP) is 4.70. The maximum absolute atomic E-state index is 12.8. The second kappa shape index (κ2) is 7.82. The zero-order valence-corrected chi connectivity index (χ0v) is 16.0. The first kappa shape index (κ1) is 18.9. The molecule has 0 bridgehead atoms. The van der Waals surface area contributed by atoms with Crippen LogP contribution in [-0.4, -0.2) is 14.3 Å². The molecule has 0 atom stereocenters. The molecule has 0 unspecified atom stereocenters. The fraction of sp³-hybridized carbons (Fsp3) is 0.0500. The smallest absolute Gasteiger partial charge is 0.262 e. The Morgan fingerprint density at radius 1 is 0.889 bits per heavy atom. The topological polar surface area (TPSA) is 75.3 Å². The Labute approximate surface area is 163 Å². The molecule has 5 nitrogen and oxygen atoms in total. The van der Waals surface area contributed by atoms with E-state index in [0.717, 1.165) is 0 Å². The van der Waals surface area contributed by atoms with E-state index < -0.39 is 10.0 Å². The standard InChI is InChI=1S/C20H17ClN2O3S/c1-14-7-8-15(20(24)22-17-5-3-2-4-6-17)13-19(14)27(25,26)23-18-11-9-16(21)10-12-18/h2-13,23H,1H3,(H,22,24). The molecule has 0 fully saturated rings. The summed E-state index contributed by atoms with van der Waals surface area (Å²) in [5, 5.41) is 3.25. The molecule has 0 radical (unpaired) electrons. The van der Waals surface area contributed by atoms with Crippen LogP contribution in [0.15, 0.2) is 77.7 Å². The Morgan fingerprint density at radius 2 is 1.56 bits per heavy atom. The van der Waals surface area contributed by atoms with Crippen LogP contribution in [0, 0.1) is 6.92 Å². The van der Waals surface area contributed by atoms with Crippen molar-refractivity contribution >= 4 is 38.9 Å². The second-order valence-electron chi connectivity index (χ2n) is 5.91. The van der Waals surface area contributed by atoms with Gasteiger partial charge in [-0.2, -0.15) is 0 Å². The number of halogens is 1. The number of anilines is 2. The van der Waals surface area contributed by atoms with Gasteiger partial charge in [0.05, 0.1) is 4.90 Å². The molecule has 138 valence electrons. The number of carbonyl (C=O) groups is 1. The zero-order chi connectivity index (χ0) is 19.4. The van der Waals surface area contributed by atoms with Crippen molar-refractivity contribution in [3.05, 3.63) is 88.9 Å². The summed E-state index contributed by atoms with van der Waals surface area (Å²) in [4.78, 5) is 12.5. The predicted molar refractivity (Wildman–Crippen MR) is 108 cm³/mol. The molecule has 1 amide bonds. The van der Waals surface area contributed by atoms with Crippen LogP contribution in [0.5, 0.6) is 0 Å². The number of aryl methyl sites for hydroxylation is 1. The average molecular weight is 401 g/mol. The second-order valence-corrected chi connectivity index (χ2v) is 8.00. The number of para-hydroxylation sites is 1. The minimum absolute atomic E-state index is 0.0400. The third kappa shape index (κ3) is 4.67. The molecule has 0 aliphatic rings. The summed E-state index contributed by atoms with van der Waals surface area (Å²) >= 11 is 5.83. The minimum atomic E-state index is -3.86. The number of amides is 1. The molecule has 0 saturated carbocycles. The van der Waals surface area contributed by atoms with Crippen LogP contribution in [0.3, 0.4) is 0 Å². The van der Waals surface area contributed by atoms with Gasteiger partial charge in [0, 0.05) is 22.0 Å². The van der Waals surface area contributed by atoms with Crippen LogP contribution in [0.1, 0.15) is 15.9 Å². The van der Waals surface area contributed by atoms with E-state index in [1.165, 1.54) is 6.07 Å². The van der Waals surface area contributed by atoms with Crippen LogP contribution in [0.2, 0.25) is 5.02 Å². The number of hydrogen-bond acceptors (Lipinski definition) is 3. The van der Waals surface area contributed by atoms with E-state index in [1.54, 1.807) is 67.6 Å². The summed E-state index contributed by atoms with van der Waals surface area (Å²) in [7, 11) is -3.86. The van der Waals surface area contributed by atoms with Gasteiger partial charge in [-0.15, -0.1) is 0 Å². The molecule has 0 aromatic heterocycles. The Kier molecular flexibility index (Phi) is 5.48. The molecule has 27 heavy (non-hydrogen) atoms. The van der Waals surface area contributed by atoms with Crippen LogP contribution in [0.25, 0.3) is 0 Å². The van der Waals surface area contributed by atoms with E-state index in [2.05, 4.69) is 10.0 Å². The quantitative estimate of drug-likeness (QED) is 0.651. The highest BCUT2D eigenvalue weighted by Gasteiger charge is 2.19. The third-order valence-electron chi connectivity index (χ3n) is 3.87. The molecule has 7 heteroatoms. The van der Waals surface area contributed by atoms with Gasteiger partial charge in [0.2, 0.25) is 0 Å². The summed E-state index contributed by atoms with van der Waals surface area (Å²) in [5.74, 6) is -0.385. The molecule has 0 aliphatic carbocycles. The molecular weight excluding hydrogens is 384 g/mol. The highest BCUT2D eigenvalue weighted by molar-refractivity contribution is 7.92. The van der Waals surface area contributed by atoms with Crippen molar-refractivity contribution < 1.29 is 13.2 Å². The van der Waals surface area contributed by atoms with Crippen molar-refractivity contribution in [2.45, 2.75) is 11.8 Å². The van der Waals surface area contributed by atoms with Gasteiger partial charge >= 0.3 is 0 Å². The first-order chi connectivity index (χ1) is 12.8.